The van der Waals surface area contributed by atoms with E-state index in [1.54, 1.807) is 0 Å². The lowest BCUT2D eigenvalue weighted by molar-refractivity contribution is -0.119. The first-order chi connectivity index (χ1) is 12.9. The van der Waals surface area contributed by atoms with Crippen molar-refractivity contribution in [2.75, 3.05) is 11.9 Å². The molecule has 0 radical (unpaired) electrons. The quantitative estimate of drug-likeness (QED) is 0.680. The highest BCUT2D eigenvalue weighted by atomic mass is 32.1. The standard InChI is InChI=1S/C19H18N4O3S/c1-11-6-13(3)14(7-12(11)2)16-10-27-19(22-16)23-17(24)9-26-18(25)15-8-20-4-5-21-15/h4-8,10H,9H2,1-3H3,(H,22,23,24). The van der Waals surface area contributed by atoms with Crippen LogP contribution in [0.1, 0.15) is 27.2 Å². The molecule has 0 saturated carbocycles. The Balaban J connectivity index is 1.61. The fraction of sp³-hybridized carbons (Fsp3) is 0.211. The molecule has 138 valence electrons. The SMILES string of the molecule is Cc1cc(C)c(-c2csc(NC(=O)COC(=O)c3cnccn3)n2)cc1C. The predicted octanol–water partition coefficient (Wildman–Crippen LogP) is 3.32. The first-order valence-electron chi connectivity index (χ1n) is 8.21. The molecule has 3 rings (SSSR count). The maximum Gasteiger partial charge on any atom is 0.359 e. The van der Waals surface area contributed by atoms with Gasteiger partial charge in [0.15, 0.2) is 17.4 Å². The third-order valence-corrected chi connectivity index (χ3v) is 4.73. The van der Waals surface area contributed by atoms with E-state index in [0.717, 1.165) is 16.8 Å². The van der Waals surface area contributed by atoms with Crippen LogP contribution in [0, 0.1) is 20.8 Å². The Morgan fingerprint density at radius 2 is 1.89 bits per heavy atom. The van der Waals surface area contributed by atoms with Crippen LogP contribution in [0.3, 0.4) is 0 Å². The number of nitrogens with zero attached hydrogens (tertiary/aromatic N) is 3. The molecule has 0 aliphatic heterocycles. The van der Waals surface area contributed by atoms with Crippen molar-refractivity contribution < 1.29 is 14.3 Å². The molecule has 0 aliphatic carbocycles. The molecule has 0 unspecified atom stereocenters. The third-order valence-electron chi connectivity index (χ3n) is 3.97. The average molecular weight is 382 g/mol. The van der Waals surface area contributed by atoms with Crippen molar-refractivity contribution in [1.29, 1.82) is 0 Å². The molecular weight excluding hydrogens is 364 g/mol. The number of benzene rings is 1. The minimum absolute atomic E-state index is 0.0482. The summed E-state index contributed by atoms with van der Waals surface area (Å²) >= 11 is 1.32. The van der Waals surface area contributed by atoms with Gasteiger partial charge in [-0.1, -0.05) is 6.07 Å². The molecule has 7 nitrogen and oxygen atoms in total. The van der Waals surface area contributed by atoms with E-state index in [1.807, 2.05) is 12.3 Å². The summed E-state index contributed by atoms with van der Waals surface area (Å²) in [7, 11) is 0. The third kappa shape index (κ3) is 4.53. The predicted molar refractivity (Wildman–Crippen MR) is 103 cm³/mol. The molecule has 1 aromatic carbocycles. The molecule has 3 aromatic rings. The fourth-order valence-electron chi connectivity index (χ4n) is 2.46. The summed E-state index contributed by atoms with van der Waals surface area (Å²) in [4.78, 5) is 35.8. The molecule has 0 spiro atoms. The van der Waals surface area contributed by atoms with Crippen LogP contribution < -0.4 is 5.32 Å². The van der Waals surface area contributed by atoms with E-state index in [2.05, 4.69) is 46.2 Å². The van der Waals surface area contributed by atoms with Crippen molar-refractivity contribution in [3.05, 3.63) is 58.5 Å². The van der Waals surface area contributed by atoms with Gasteiger partial charge in [0.1, 0.15) is 0 Å². The molecule has 0 saturated heterocycles. The van der Waals surface area contributed by atoms with Gasteiger partial charge in [0.05, 0.1) is 11.9 Å². The number of nitrogens with one attached hydrogen (secondary N) is 1. The average Bonchev–Trinajstić information content (AvgIpc) is 3.11. The van der Waals surface area contributed by atoms with Crippen LogP contribution in [-0.4, -0.2) is 33.4 Å². The van der Waals surface area contributed by atoms with Crippen molar-refractivity contribution in [3.63, 3.8) is 0 Å². The van der Waals surface area contributed by atoms with Crippen molar-refractivity contribution in [2.24, 2.45) is 0 Å². The Morgan fingerprint density at radius 1 is 1.11 bits per heavy atom. The number of anilines is 1. The molecule has 2 heterocycles. The number of ether oxygens (including phenoxy) is 1. The zero-order valence-corrected chi connectivity index (χ0v) is 16.0. The largest absolute Gasteiger partial charge is 0.451 e. The normalized spacial score (nSPS) is 10.5. The molecule has 8 heteroatoms. The van der Waals surface area contributed by atoms with Gasteiger partial charge in [0, 0.05) is 23.3 Å². The van der Waals surface area contributed by atoms with Crippen molar-refractivity contribution >= 4 is 28.3 Å². The Hall–Kier alpha value is -3.13. The van der Waals surface area contributed by atoms with E-state index < -0.39 is 18.5 Å². The fourth-order valence-corrected chi connectivity index (χ4v) is 3.18. The topological polar surface area (TPSA) is 94.1 Å². The maximum absolute atomic E-state index is 12.0. The van der Waals surface area contributed by atoms with E-state index in [1.165, 1.54) is 41.1 Å². The van der Waals surface area contributed by atoms with Gasteiger partial charge in [-0.05, 0) is 43.5 Å². The van der Waals surface area contributed by atoms with E-state index in [4.69, 9.17) is 4.74 Å². The highest BCUT2D eigenvalue weighted by Crippen LogP contribution is 2.29. The maximum atomic E-state index is 12.0. The van der Waals surface area contributed by atoms with Crippen molar-refractivity contribution in [1.82, 2.24) is 15.0 Å². The highest BCUT2D eigenvalue weighted by Gasteiger charge is 2.14. The second-order valence-electron chi connectivity index (χ2n) is 6.00. The zero-order chi connectivity index (χ0) is 19.4. The number of carbonyl (C=O) groups is 2. The van der Waals surface area contributed by atoms with Gasteiger partial charge in [-0.25, -0.2) is 14.8 Å². The van der Waals surface area contributed by atoms with Gasteiger partial charge in [0.25, 0.3) is 5.91 Å². The number of amides is 1. The molecule has 1 amide bonds. The second kappa shape index (κ2) is 8.05. The lowest BCUT2D eigenvalue weighted by Crippen LogP contribution is -2.21. The molecular formula is C19H18N4O3S. The second-order valence-corrected chi connectivity index (χ2v) is 6.86. The Morgan fingerprint density at radius 3 is 2.63 bits per heavy atom. The summed E-state index contributed by atoms with van der Waals surface area (Å²) in [5, 5.41) is 4.97. The summed E-state index contributed by atoms with van der Waals surface area (Å²) in [6.07, 6.45) is 4.10. The Labute approximate surface area is 160 Å². The Bertz CT molecular complexity index is 986. The van der Waals surface area contributed by atoms with Crippen LogP contribution in [0.2, 0.25) is 0 Å². The number of aromatic nitrogens is 3. The van der Waals surface area contributed by atoms with Gasteiger partial charge in [0.2, 0.25) is 0 Å². The van der Waals surface area contributed by atoms with Crippen LogP contribution in [0.15, 0.2) is 36.1 Å². The number of aryl methyl sites for hydroxylation is 3. The highest BCUT2D eigenvalue weighted by molar-refractivity contribution is 7.14. The van der Waals surface area contributed by atoms with E-state index in [-0.39, 0.29) is 5.69 Å². The van der Waals surface area contributed by atoms with Crippen LogP contribution in [0.5, 0.6) is 0 Å². The van der Waals surface area contributed by atoms with Gasteiger partial charge in [-0.15, -0.1) is 11.3 Å². The van der Waals surface area contributed by atoms with Crippen molar-refractivity contribution in [3.8, 4) is 11.3 Å². The molecule has 0 fully saturated rings. The molecule has 2 aromatic heterocycles. The van der Waals surface area contributed by atoms with Gasteiger partial charge < -0.3 is 4.74 Å². The minimum atomic E-state index is -0.705. The number of hydrogen-bond acceptors (Lipinski definition) is 7. The van der Waals surface area contributed by atoms with E-state index in [0.29, 0.717) is 5.13 Å². The number of carbonyl (C=O) groups excluding carboxylic acids is 2. The summed E-state index contributed by atoms with van der Waals surface area (Å²) in [6.45, 7) is 5.73. The summed E-state index contributed by atoms with van der Waals surface area (Å²) in [5.41, 5.74) is 5.41. The zero-order valence-electron chi connectivity index (χ0n) is 15.1. The molecule has 0 aliphatic rings. The first-order valence-corrected chi connectivity index (χ1v) is 9.08. The van der Waals surface area contributed by atoms with E-state index >= 15 is 0 Å². The number of esters is 1. The summed E-state index contributed by atoms with van der Waals surface area (Å²) in [5.74, 6) is -1.17. The van der Waals surface area contributed by atoms with Crippen molar-refractivity contribution in [2.45, 2.75) is 20.8 Å². The Kier molecular flexibility index (Phi) is 5.56. The van der Waals surface area contributed by atoms with Gasteiger partial charge in [-0.2, -0.15) is 0 Å². The van der Waals surface area contributed by atoms with Gasteiger partial charge in [-0.3, -0.25) is 15.1 Å². The van der Waals surface area contributed by atoms with Crippen LogP contribution in [-0.2, 0) is 9.53 Å². The minimum Gasteiger partial charge on any atom is -0.451 e. The number of rotatable bonds is 5. The lowest BCUT2D eigenvalue weighted by Gasteiger charge is -2.07. The number of hydrogen-bond donors (Lipinski definition) is 1. The lowest BCUT2D eigenvalue weighted by atomic mass is 9.99. The summed E-state index contributed by atoms with van der Waals surface area (Å²) < 4.78 is 4.92. The van der Waals surface area contributed by atoms with E-state index in [9.17, 15) is 9.59 Å². The number of thiazole rings is 1. The first kappa shape index (κ1) is 18.7. The molecule has 27 heavy (non-hydrogen) atoms. The monoisotopic (exact) mass is 382 g/mol. The summed E-state index contributed by atoms with van der Waals surface area (Å²) in [6, 6.07) is 4.21. The smallest absolute Gasteiger partial charge is 0.359 e. The molecule has 0 atom stereocenters. The van der Waals surface area contributed by atoms with Crippen LogP contribution in [0.25, 0.3) is 11.3 Å². The van der Waals surface area contributed by atoms with Crippen LogP contribution >= 0.6 is 11.3 Å². The van der Waals surface area contributed by atoms with Crippen LogP contribution in [0.4, 0.5) is 5.13 Å². The molecule has 0 bridgehead atoms. The molecule has 1 N–H and O–H groups in total. The van der Waals surface area contributed by atoms with Gasteiger partial charge >= 0.3 is 5.97 Å².